The number of hydrogen-bond acceptors (Lipinski definition) is 4. The Kier molecular flexibility index (Phi) is 7.50. The van der Waals surface area contributed by atoms with Crippen LogP contribution in [0.25, 0.3) is 0 Å². The molecule has 0 aliphatic carbocycles. The highest BCUT2D eigenvalue weighted by molar-refractivity contribution is 7.92. The third kappa shape index (κ3) is 6.06. The number of carbonyl (C=O) groups excluding carboxylic acids is 2. The maximum absolute atomic E-state index is 13.1. The number of halogens is 1. The number of piperidine rings is 1. The van der Waals surface area contributed by atoms with Crippen molar-refractivity contribution in [3.05, 3.63) is 59.9 Å². The summed E-state index contributed by atoms with van der Waals surface area (Å²) in [7, 11) is -3.93. The van der Waals surface area contributed by atoms with E-state index in [-0.39, 0.29) is 28.3 Å². The van der Waals surface area contributed by atoms with Crippen molar-refractivity contribution in [3.63, 3.8) is 0 Å². The summed E-state index contributed by atoms with van der Waals surface area (Å²) in [4.78, 5) is 27.0. The van der Waals surface area contributed by atoms with Gasteiger partial charge in [0.15, 0.2) is 0 Å². The van der Waals surface area contributed by atoms with Gasteiger partial charge < -0.3 is 10.2 Å². The number of sulfonamides is 1. The number of carbonyl (C=O) groups is 2. The van der Waals surface area contributed by atoms with Crippen LogP contribution in [0.2, 0.25) is 0 Å². The number of amides is 2. The highest BCUT2D eigenvalue weighted by Gasteiger charge is 2.29. The molecule has 2 aromatic rings. The molecule has 0 aromatic heterocycles. The first-order chi connectivity index (χ1) is 15.2. The van der Waals surface area contributed by atoms with Gasteiger partial charge >= 0.3 is 0 Å². The van der Waals surface area contributed by atoms with E-state index < -0.39 is 15.8 Å². The quantitative estimate of drug-likeness (QED) is 0.662. The summed E-state index contributed by atoms with van der Waals surface area (Å²) >= 11 is 0. The Morgan fingerprint density at radius 3 is 2.56 bits per heavy atom. The molecule has 2 amide bonds. The fraction of sp³-hybridized carbons (Fsp3) is 0.391. The van der Waals surface area contributed by atoms with Gasteiger partial charge in [0.1, 0.15) is 5.82 Å². The van der Waals surface area contributed by atoms with E-state index in [9.17, 15) is 22.4 Å². The van der Waals surface area contributed by atoms with Crippen LogP contribution in [0.4, 0.5) is 10.1 Å². The van der Waals surface area contributed by atoms with Gasteiger partial charge in [0, 0.05) is 30.9 Å². The van der Waals surface area contributed by atoms with Crippen molar-refractivity contribution in [2.24, 2.45) is 11.8 Å². The molecule has 32 heavy (non-hydrogen) atoms. The first-order valence-corrected chi connectivity index (χ1v) is 12.1. The summed E-state index contributed by atoms with van der Waals surface area (Å²) in [5.74, 6) is -0.742. The number of anilines is 1. The minimum atomic E-state index is -3.93. The van der Waals surface area contributed by atoms with E-state index in [1.54, 1.807) is 17.0 Å². The van der Waals surface area contributed by atoms with Crippen molar-refractivity contribution in [2.45, 2.75) is 31.6 Å². The van der Waals surface area contributed by atoms with Crippen LogP contribution in [0.1, 0.15) is 37.0 Å². The fourth-order valence-corrected chi connectivity index (χ4v) is 4.60. The molecule has 7 nitrogen and oxygen atoms in total. The molecular weight excluding hydrogens is 433 g/mol. The van der Waals surface area contributed by atoms with Gasteiger partial charge in [-0.2, -0.15) is 0 Å². The number of nitrogens with zero attached hydrogens (tertiary/aromatic N) is 1. The van der Waals surface area contributed by atoms with Crippen LogP contribution in [-0.2, 0) is 14.8 Å². The van der Waals surface area contributed by atoms with Gasteiger partial charge in [0.25, 0.3) is 15.9 Å². The Morgan fingerprint density at radius 1 is 1.16 bits per heavy atom. The number of nitrogens with one attached hydrogen (secondary N) is 2. The Morgan fingerprint density at radius 2 is 1.88 bits per heavy atom. The minimum absolute atomic E-state index is 0.0444. The smallest absolute Gasteiger partial charge is 0.261 e. The van der Waals surface area contributed by atoms with E-state index in [2.05, 4.69) is 10.0 Å². The summed E-state index contributed by atoms with van der Waals surface area (Å²) in [5.41, 5.74) is 0.552. The van der Waals surface area contributed by atoms with E-state index >= 15 is 0 Å². The molecule has 9 heteroatoms. The molecule has 2 aromatic carbocycles. The van der Waals surface area contributed by atoms with Gasteiger partial charge in [-0.1, -0.05) is 19.9 Å². The van der Waals surface area contributed by atoms with E-state index in [0.717, 1.165) is 25.0 Å². The Balaban J connectivity index is 1.69. The predicted molar refractivity (Wildman–Crippen MR) is 120 cm³/mol. The number of benzene rings is 2. The van der Waals surface area contributed by atoms with Gasteiger partial charge in [-0.3, -0.25) is 14.3 Å². The fourth-order valence-electron chi connectivity index (χ4n) is 3.55. The lowest BCUT2D eigenvalue weighted by molar-refractivity contribution is -0.126. The Hall–Kier alpha value is -2.94. The highest BCUT2D eigenvalue weighted by atomic mass is 32.2. The van der Waals surface area contributed by atoms with E-state index in [4.69, 9.17) is 0 Å². The zero-order chi connectivity index (χ0) is 23.3. The SMILES string of the molecule is CC(C)CNC(=O)[C@H]1CCCN(C(=O)c2cccc(NS(=O)(=O)c3ccc(F)cc3)c2)C1. The van der Waals surface area contributed by atoms with Crippen molar-refractivity contribution >= 4 is 27.5 Å². The molecule has 1 heterocycles. The number of likely N-dealkylation sites (tertiary alicyclic amines) is 1. The molecule has 1 aliphatic rings. The van der Waals surface area contributed by atoms with Crippen molar-refractivity contribution in [2.75, 3.05) is 24.4 Å². The topological polar surface area (TPSA) is 95.6 Å². The molecule has 172 valence electrons. The van der Waals surface area contributed by atoms with Crippen molar-refractivity contribution in [1.29, 1.82) is 0 Å². The highest BCUT2D eigenvalue weighted by Crippen LogP contribution is 2.22. The monoisotopic (exact) mass is 461 g/mol. The van der Waals surface area contributed by atoms with Crippen LogP contribution < -0.4 is 10.0 Å². The zero-order valence-electron chi connectivity index (χ0n) is 18.2. The first-order valence-electron chi connectivity index (χ1n) is 10.6. The summed E-state index contributed by atoms with van der Waals surface area (Å²) in [6.07, 6.45) is 1.45. The molecule has 0 radical (unpaired) electrons. The second kappa shape index (κ2) is 10.1. The molecule has 1 fully saturated rings. The third-order valence-corrected chi connectivity index (χ3v) is 6.65. The van der Waals surface area contributed by atoms with E-state index in [1.165, 1.54) is 24.3 Å². The second-order valence-electron chi connectivity index (χ2n) is 8.37. The van der Waals surface area contributed by atoms with Crippen LogP contribution in [0.15, 0.2) is 53.4 Å². The standard InChI is InChI=1S/C23H28FN3O4S/c1-16(2)14-25-22(28)18-6-4-12-27(15-18)23(29)17-5-3-7-20(13-17)26-32(30,31)21-10-8-19(24)9-11-21/h3,5,7-11,13,16,18,26H,4,6,12,14-15H2,1-2H3,(H,25,28)/t18-/m0/s1. The molecule has 1 atom stereocenters. The molecule has 2 N–H and O–H groups in total. The lowest BCUT2D eigenvalue weighted by Crippen LogP contribution is -2.46. The van der Waals surface area contributed by atoms with Crippen LogP contribution >= 0.6 is 0 Å². The van der Waals surface area contributed by atoms with Gasteiger partial charge in [0.2, 0.25) is 5.91 Å². The molecule has 0 saturated carbocycles. The minimum Gasteiger partial charge on any atom is -0.356 e. The van der Waals surface area contributed by atoms with Crippen molar-refractivity contribution in [1.82, 2.24) is 10.2 Å². The average Bonchev–Trinajstić information content (AvgIpc) is 2.77. The van der Waals surface area contributed by atoms with Crippen LogP contribution in [0.5, 0.6) is 0 Å². The van der Waals surface area contributed by atoms with Crippen LogP contribution in [0.3, 0.4) is 0 Å². The Bertz CT molecular complexity index is 1070. The van der Waals surface area contributed by atoms with Crippen molar-refractivity contribution < 1.29 is 22.4 Å². The normalized spacial score (nSPS) is 16.6. The maximum atomic E-state index is 13.1. The lowest BCUT2D eigenvalue weighted by Gasteiger charge is -2.32. The molecular formula is C23H28FN3O4S. The Labute approximate surface area is 188 Å². The van der Waals surface area contributed by atoms with E-state index in [1.807, 2.05) is 13.8 Å². The summed E-state index contributed by atoms with van der Waals surface area (Å²) in [6, 6.07) is 10.7. The van der Waals surface area contributed by atoms with Gasteiger partial charge in [-0.05, 0) is 61.2 Å². The molecule has 1 aliphatic heterocycles. The average molecular weight is 462 g/mol. The molecule has 0 bridgehead atoms. The first kappa shape index (κ1) is 23.7. The van der Waals surface area contributed by atoms with E-state index in [0.29, 0.717) is 31.1 Å². The van der Waals surface area contributed by atoms with Gasteiger partial charge in [-0.25, -0.2) is 12.8 Å². The van der Waals surface area contributed by atoms with Crippen LogP contribution in [-0.4, -0.2) is 44.8 Å². The third-order valence-electron chi connectivity index (χ3n) is 5.25. The molecule has 0 unspecified atom stereocenters. The molecule has 3 rings (SSSR count). The summed E-state index contributed by atoms with van der Waals surface area (Å²) < 4.78 is 40.6. The second-order valence-corrected chi connectivity index (χ2v) is 10.1. The van der Waals surface area contributed by atoms with Gasteiger partial charge in [0.05, 0.1) is 10.8 Å². The number of hydrogen-bond donors (Lipinski definition) is 2. The van der Waals surface area contributed by atoms with Gasteiger partial charge in [-0.15, -0.1) is 0 Å². The largest absolute Gasteiger partial charge is 0.356 e. The molecule has 0 spiro atoms. The molecule has 1 saturated heterocycles. The predicted octanol–water partition coefficient (Wildman–Crippen LogP) is 3.25. The van der Waals surface area contributed by atoms with Crippen LogP contribution in [0, 0.1) is 17.7 Å². The maximum Gasteiger partial charge on any atom is 0.261 e. The van der Waals surface area contributed by atoms with Crippen molar-refractivity contribution in [3.8, 4) is 0 Å². The zero-order valence-corrected chi connectivity index (χ0v) is 19.0. The summed E-state index contributed by atoms with van der Waals surface area (Å²) in [5, 5.41) is 2.93. The summed E-state index contributed by atoms with van der Waals surface area (Å²) in [6.45, 7) is 5.51. The number of rotatable bonds is 7. The lowest BCUT2D eigenvalue weighted by atomic mass is 9.96.